The van der Waals surface area contributed by atoms with Crippen LogP contribution in [0.2, 0.25) is 0 Å². The number of methoxy groups -OCH3 is 1. The minimum Gasteiger partial charge on any atom is -0.463 e. The number of furan rings is 1. The lowest BCUT2D eigenvalue weighted by Gasteiger charge is -1.97. The van der Waals surface area contributed by atoms with E-state index in [0.29, 0.717) is 11.3 Å². The normalized spacial score (nSPS) is 9.65. The van der Waals surface area contributed by atoms with E-state index in [1.165, 1.54) is 7.11 Å². The van der Waals surface area contributed by atoms with E-state index in [9.17, 15) is 4.79 Å². The third-order valence-electron chi connectivity index (χ3n) is 2.27. The van der Waals surface area contributed by atoms with Crippen molar-refractivity contribution in [2.75, 3.05) is 7.11 Å². The molecule has 0 saturated heterocycles. The molecule has 0 unspecified atom stereocenters. The lowest BCUT2D eigenvalue weighted by Crippen LogP contribution is -1.98. The molecule has 0 amide bonds. The molecule has 1 aromatic carbocycles. The summed E-state index contributed by atoms with van der Waals surface area (Å²) in [6.45, 7) is 0. The van der Waals surface area contributed by atoms with Crippen LogP contribution < -0.4 is 0 Å². The van der Waals surface area contributed by atoms with Crippen molar-refractivity contribution in [1.82, 2.24) is 0 Å². The van der Waals surface area contributed by atoms with Gasteiger partial charge in [-0.3, -0.25) is 0 Å². The zero-order valence-electron chi connectivity index (χ0n) is 9.14. The van der Waals surface area contributed by atoms with E-state index in [-0.39, 0.29) is 5.76 Å². The minimum atomic E-state index is -0.521. The van der Waals surface area contributed by atoms with Crippen molar-refractivity contribution in [3.05, 3.63) is 47.7 Å². The Kier molecular flexibility index (Phi) is 2.93. The average molecular weight is 227 g/mol. The van der Waals surface area contributed by atoms with Gasteiger partial charge >= 0.3 is 5.97 Å². The van der Waals surface area contributed by atoms with Crippen LogP contribution >= 0.6 is 0 Å². The van der Waals surface area contributed by atoms with Crippen molar-refractivity contribution < 1.29 is 13.9 Å². The number of rotatable bonds is 2. The molecule has 0 radical (unpaired) electrons. The van der Waals surface area contributed by atoms with Crippen molar-refractivity contribution in [3.63, 3.8) is 0 Å². The molecule has 1 heterocycles. The van der Waals surface area contributed by atoms with Gasteiger partial charge in [-0.2, -0.15) is 5.26 Å². The van der Waals surface area contributed by atoms with Gasteiger partial charge in [0, 0.05) is 5.56 Å². The molecule has 4 heteroatoms. The van der Waals surface area contributed by atoms with E-state index in [1.807, 2.05) is 6.07 Å². The predicted molar refractivity (Wildman–Crippen MR) is 60.2 cm³/mol. The highest BCUT2D eigenvalue weighted by Crippen LogP contribution is 2.23. The number of hydrogen-bond donors (Lipinski definition) is 0. The quantitative estimate of drug-likeness (QED) is 0.740. The molecule has 0 saturated carbocycles. The zero-order chi connectivity index (χ0) is 12.3. The van der Waals surface area contributed by atoms with E-state index in [1.54, 1.807) is 36.4 Å². The summed E-state index contributed by atoms with van der Waals surface area (Å²) in [4.78, 5) is 11.2. The summed E-state index contributed by atoms with van der Waals surface area (Å²) in [5.41, 5.74) is 1.29. The first kappa shape index (κ1) is 11.0. The van der Waals surface area contributed by atoms with Crippen molar-refractivity contribution in [2.45, 2.75) is 0 Å². The maximum atomic E-state index is 11.2. The molecule has 2 rings (SSSR count). The summed E-state index contributed by atoms with van der Waals surface area (Å²) in [7, 11) is 1.29. The molecule has 0 aliphatic carbocycles. The Morgan fingerprint density at radius 3 is 2.88 bits per heavy atom. The third kappa shape index (κ3) is 2.18. The standard InChI is InChI=1S/C13H9NO3/c1-16-13(15)12-6-5-11(17-12)10-4-2-3-9(7-10)8-14/h2-7H,1H3. The first-order valence-corrected chi connectivity index (χ1v) is 4.93. The maximum absolute atomic E-state index is 11.2. The number of benzene rings is 1. The highest BCUT2D eigenvalue weighted by atomic mass is 16.5. The molecule has 0 fully saturated rings. The molecule has 0 spiro atoms. The van der Waals surface area contributed by atoms with Crippen LogP contribution in [0.15, 0.2) is 40.8 Å². The topological polar surface area (TPSA) is 63.2 Å². The Balaban J connectivity index is 2.37. The Morgan fingerprint density at radius 2 is 2.18 bits per heavy atom. The van der Waals surface area contributed by atoms with Crippen LogP contribution in [0.25, 0.3) is 11.3 Å². The van der Waals surface area contributed by atoms with Crippen LogP contribution in [0.5, 0.6) is 0 Å². The second kappa shape index (κ2) is 4.54. The van der Waals surface area contributed by atoms with Gasteiger partial charge in [-0.25, -0.2) is 4.79 Å². The van der Waals surface area contributed by atoms with E-state index in [2.05, 4.69) is 4.74 Å². The molecular formula is C13H9NO3. The van der Waals surface area contributed by atoms with Crippen LogP contribution in [-0.4, -0.2) is 13.1 Å². The SMILES string of the molecule is COC(=O)c1ccc(-c2cccc(C#N)c2)o1. The van der Waals surface area contributed by atoms with Gasteiger partial charge < -0.3 is 9.15 Å². The third-order valence-corrected chi connectivity index (χ3v) is 2.27. The average Bonchev–Trinajstić information content (AvgIpc) is 2.87. The molecule has 84 valence electrons. The van der Waals surface area contributed by atoms with Crippen molar-refractivity contribution in [3.8, 4) is 17.4 Å². The summed E-state index contributed by atoms with van der Waals surface area (Å²) in [6, 6.07) is 12.2. The van der Waals surface area contributed by atoms with Gasteiger partial charge in [0.05, 0.1) is 18.7 Å². The van der Waals surface area contributed by atoms with Crippen molar-refractivity contribution >= 4 is 5.97 Å². The van der Waals surface area contributed by atoms with Crippen LogP contribution in [-0.2, 0) is 4.74 Å². The van der Waals surface area contributed by atoms with Gasteiger partial charge in [0.15, 0.2) is 0 Å². The largest absolute Gasteiger partial charge is 0.463 e. The van der Waals surface area contributed by atoms with Crippen molar-refractivity contribution in [1.29, 1.82) is 5.26 Å². The number of carbonyl (C=O) groups excluding carboxylic acids is 1. The number of carbonyl (C=O) groups is 1. The van der Waals surface area contributed by atoms with Crippen LogP contribution in [0, 0.1) is 11.3 Å². The number of ether oxygens (including phenoxy) is 1. The van der Waals surface area contributed by atoms with Gasteiger partial charge in [-0.15, -0.1) is 0 Å². The summed E-state index contributed by atoms with van der Waals surface area (Å²) >= 11 is 0. The second-order valence-corrected chi connectivity index (χ2v) is 3.35. The highest BCUT2D eigenvalue weighted by molar-refractivity contribution is 5.87. The summed E-state index contributed by atoms with van der Waals surface area (Å²) in [5, 5.41) is 8.79. The maximum Gasteiger partial charge on any atom is 0.373 e. The zero-order valence-corrected chi connectivity index (χ0v) is 9.14. The molecule has 0 bridgehead atoms. The van der Waals surface area contributed by atoms with Gasteiger partial charge in [0.1, 0.15) is 5.76 Å². The van der Waals surface area contributed by atoms with Gasteiger partial charge in [-0.1, -0.05) is 12.1 Å². The van der Waals surface area contributed by atoms with E-state index in [4.69, 9.17) is 9.68 Å². The predicted octanol–water partition coefficient (Wildman–Crippen LogP) is 2.60. The summed E-state index contributed by atoms with van der Waals surface area (Å²) < 4.78 is 9.88. The van der Waals surface area contributed by atoms with Crippen molar-refractivity contribution in [2.24, 2.45) is 0 Å². The van der Waals surface area contributed by atoms with Crippen LogP contribution in [0.4, 0.5) is 0 Å². The fourth-order valence-electron chi connectivity index (χ4n) is 1.45. The molecule has 0 N–H and O–H groups in total. The van der Waals surface area contributed by atoms with E-state index in [0.717, 1.165) is 5.56 Å². The summed E-state index contributed by atoms with van der Waals surface area (Å²) in [5.74, 6) is 0.153. The number of hydrogen-bond acceptors (Lipinski definition) is 4. The lowest BCUT2D eigenvalue weighted by molar-refractivity contribution is 0.0566. The second-order valence-electron chi connectivity index (χ2n) is 3.35. The molecule has 1 aromatic heterocycles. The molecule has 17 heavy (non-hydrogen) atoms. The highest BCUT2D eigenvalue weighted by Gasteiger charge is 2.12. The van der Waals surface area contributed by atoms with Gasteiger partial charge in [0.2, 0.25) is 5.76 Å². The fraction of sp³-hybridized carbons (Fsp3) is 0.0769. The van der Waals surface area contributed by atoms with Gasteiger partial charge in [0.25, 0.3) is 0 Å². The Hall–Kier alpha value is -2.54. The number of nitrogens with zero attached hydrogens (tertiary/aromatic N) is 1. The van der Waals surface area contributed by atoms with Gasteiger partial charge in [-0.05, 0) is 24.3 Å². The monoisotopic (exact) mass is 227 g/mol. The molecule has 4 nitrogen and oxygen atoms in total. The minimum absolute atomic E-state index is 0.143. The first-order valence-electron chi connectivity index (χ1n) is 4.93. The molecule has 0 atom stereocenters. The first-order chi connectivity index (χ1) is 8.24. The fourth-order valence-corrected chi connectivity index (χ4v) is 1.45. The summed E-state index contributed by atoms with van der Waals surface area (Å²) in [6.07, 6.45) is 0. The van der Waals surface area contributed by atoms with Crippen LogP contribution in [0.3, 0.4) is 0 Å². The lowest BCUT2D eigenvalue weighted by atomic mass is 10.1. The van der Waals surface area contributed by atoms with Crippen LogP contribution in [0.1, 0.15) is 16.1 Å². The molecule has 0 aliphatic rings. The Morgan fingerprint density at radius 1 is 1.35 bits per heavy atom. The van der Waals surface area contributed by atoms with E-state index >= 15 is 0 Å². The Labute approximate surface area is 98.0 Å². The number of nitriles is 1. The molecule has 0 aliphatic heterocycles. The smallest absolute Gasteiger partial charge is 0.373 e. The molecular weight excluding hydrogens is 218 g/mol. The number of esters is 1. The Bertz CT molecular complexity index is 593. The van der Waals surface area contributed by atoms with E-state index < -0.39 is 5.97 Å². The molecule has 2 aromatic rings.